The minimum absolute atomic E-state index is 0.900. The molecule has 2 saturated heterocycles. The second-order valence-electron chi connectivity index (χ2n) is 6.64. The molecule has 0 amide bonds. The van der Waals surface area contributed by atoms with Gasteiger partial charge >= 0.3 is 0 Å². The first-order valence-corrected chi connectivity index (χ1v) is 7.79. The van der Waals surface area contributed by atoms with Gasteiger partial charge in [0, 0.05) is 12.6 Å². The summed E-state index contributed by atoms with van der Waals surface area (Å²) < 4.78 is 0. The van der Waals surface area contributed by atoms with Gasteiger partial charge in [-0.25, -0.2) is 0 Å². The van der Waals surface area contributed by atoms with Gasteiger partial charge in [-0.05, 0) is 63.1 Å². The third-order valence-electron chi connectivity index (χ3n) is 5.50. The van der Waals surface area contributed by atoms with Crippen LogP contribution in [0.15, 0.2) is 0 Å². The van der Waals surface area contributed by atoms with Crippen molar-refractivity contribution in [3.63, 3.8) is 0 Å². The smallest absolute Gasteiger partial charge is 0.0124 e. The Labute approximate surface area is 106 Å². The highest BCUT2D eigenvalue weighted by atomic mass is 15.2. The molecule has 2 heteroatoms. The van der Waals surface area contributed by atoms with Crippen LogP contribution in [-0.2, 0) is 0 Å². The summed E-state index contributed by atoms with van der Waals surface area (Å²) in [6.45, 7) is 7.75. The average Bonchev–Trinajstić information content (AvgIpc) is 2.27. The number of hydrogen-bond donors (Lipinski definition) is 1. The first-order valence-electron chi connectivity index (χ1n) is 7.79. The molecule has 3 atom stereocenters. The second kappa shape index (κ2) is 5.27. The van der Waals surface area contributed by atoms with Crippen LogP contribution in [-0.4, -0.2) is 37.1 Å². The molecule has 0 aromatic carbocycles. The standard InChI is InChI=1S/C15H28N2/c1-12(14-9-16-10-14)11-17-8-4-6-13-5-2-3-7-15(13)17/h12-16H,2-11H2,1H3. The Morgan fingerprint density at radius 1 is 1.12 bits per heavy atom. The Balaban J connectivity index is 1.56. The Kier molecular flexibility index (Phi) is 3.72. The maximum Gasteiger partial charge on any atom is 0.0124 e. The molecule has 2 heterocycles. The zero-order valence-corrected chi connectivity index (χ0v) is 11.3. The van der Waals surface area contributed by atoms with E-state index in [2.05, 4.69) is 17.1 Å². The van der Waals surface area contributed by atoms with E-state index in [-0.39, 0.29) is 0 Å². The monoisotopic (exact) mass is 236 g/mol. The zero-order valence-electron chi connectivity index (χ0n) is 11.3. The SMILES string of the molecule is CC(CN1CCCC2CCCCC21)C1CNC1. The Hall–Kier alpha value is -0.0800. The van der Waals surface area contributed by atoms with Gasteiger partial charge in [0.15, 0.2) is 0 Å². The molecule has 3 fully saturated rings. The molecule has 0 spiro atoms. The lowest BCUT2D eigenvalue weighted by molar-refractivity contribution is 0.0374. The highest BCUT2D eigenvalue weighted by molar-refractivity contribution is 4.89. The quantitative estimate of drug-likeness (QED) is 0.810. The van der Waals surface area contributed by atoms with Crippen molar-refractivity contribution in [3.05, 3.63) is 0 Å². The van der Waals surface area contributed by atoms with Crippen molar-refractivity contribution < 1.29 is 0 Å². The molecule has 98 valence electrons. The Morgan fingerprint density at radius 2 is 1.88 bits per heavy atom. The van der Waals surface area contributed by atoms with Crippen molar-refractivity contribution in [2.45, 2.75) is 51.5 Å². The minimum Gasteiger partial charge on any atom is -0.316 e. The van der Waals surface area contributed by atoms with Crippen LogP contribution in [0, 0.1) is 17.8 Å². The van der Waals surface area contributed by atoms with Crippen LogP contribution in [0.2, 0.25) is 0 Å². The molecular formula is C15H28N2. The molecule has 1 aliphatic carbocycles. The van der Waals surface area contributed by atoms with Gasteiger partial charge in [0.1, 0.15) is 0 Å². The van der Waals surface area contributed by atoms with Crippen LogP contribution in [0.1, 0.15) is 45.4 Å². The van der Waals surface area contributed by atoms with E-state index in [0.717, 1.165) is 23.8 Å². The van der Waals surface area contributed by atoms with E-state index < -0.39 is 0 Å². The fourth-order valence-electron chi connectivity index (χ4n) is 4.19. The van der Waals surface area contributed by atoms with E-state index >= 15 is 0 Å². The van der Waals surface area contributed by atoms with Gasteiger partial charge in [0.2, 0.25) is 0 Å². The first kappa shape index (κ1) is 12.0. The molecule has 17 heavy (non-hydrogen) atoms. The summed E-state index contributed by atoms with van der Waals surface area (Å²) in [7, 11) is 0. The number of nitrogens with one attached hydrogen (secondary N) is 1. The molecule has 3 aliphatic rings. The number of piperidine rings is 1. The fourth-order valence-corrected chi connectivity index (χ4v) is 4.19. The van der Waals surface area contributed by atoms with Gasteiger partial charge in [0.25, 0.3) is 0 Å². The van der Waals surface area contributed by atoms with Crippen LogP contribution in [0.25, 0.3) is 0 Å². The predicted molar refractivity (Wildman–Crippen MR) is 72.1 cm³/mol. The summed E-state index contributed by atoms with van der Waals surface area (Å²) in [4.78, 5) is 2.86. The molecule has 2 nitrogen and oxygen atoms in total. The topological polar surface area (TPSA) is 15.3 Å². The van der Waals surface area contributed by atoms with Gasteiger partial charge in [0.05, 0.1) is 0 Å². The molecule has 0 bridgehead atoms. The van der Waals surface area contributed by atoms with Crippen LogP contribution < -0.4 is 5.32 Å². The lowest BCUT2D eigenvalue weighted by Crippen LogP contribution is -2.52. The number of hydrogen-bond acceptors (Lipinski definition) is 2. The van der Waals surface area contributed by atoms with Crippen molar-refractivity contribution >= 4 is 0 Å². The fraction of sp³-hybridized carbons (Fsp3) is 1.00. The normalized spacial score (nSPS) is 37.2. The average molecular weight is 236 g/mol. The molecule has 3 rings (SSSR count). The number of rotatable bonds is 3. The van der Waals surface area contributed by atoms with Crippen molar-refractivity contribution in [3.8, 4) is 0 Å². The Morgan fingerprint density at radius 3 is 2.65 bits per heavy atom. The van der Waals surface area contributed by atoms with Gasteiger partial charge in [-0.1, -0.05) is 19.8 Å². The largest absolute Gasteiger partial charge is 0.316 e. The van der Waals surface area contributed by atoms with E-state index in [0.29, 0.717) is 0 Å². The lowest BCUT2D eigenvalue weighted by atomic mass is 9.77. The predicted octanol–water partition coefficient (Wildman–Crippen LogP) is 2.50. The van der Waals surface area contributed by atoms with Gasteiger partial charge < -0.3 is 5.32 Å². The van der Waals surface area contributed by atoms with Crippen molar-refractivity contribution in [2.75, 3.05) is 26.2 Å². The number of likely N-dealkylation sites (tertiary alicyclic amines) is 1. The van der Waals surface area contributed by atoms with E-state index in [1.807, 2.05) is 0 Å². The van der Waals surface area contributed by atoms with Crippen molar-refractivity contribution in [1.29, 1.82) is 0 Å². The third-order valence-corrected chi connectivity index (χ3v) is 5.50. The van der Waals surface area contributed by atoms with Crippen LogP contribution in [0.3, 0.4) is 0 Å². The molecule has 0 aromatic rings. The summed E-state index contributed by atoms with van der Waals surface area (Å²) in [6.07, 6.45) is 8.95. The van der Waals surface area contributed by atoms with Gasteiger partial charge in [-0.3, -0.25) is 4.90 Å². The highest BCUT2D eigenvalue weighted by Crippen LogP contribution is 2.36. The zero-order chi connectivity index (χ0) is 11.7. The van der Waals surface area contributed by atoms with Crippen LogP contribution in [0.4, 0.5) is 0 Å². The molecule has 3 unspecified atom stereocenters. The maximum absolute atomic E-state index is 3.42. The molecular weight excluding hydrogens is 208 g/mol. The molecule has 1 N–H and O–H groups in total. The van der Waals surface area contributed by atoms with Crippen molar-refractivity contribution in [1.82, 2.24) is 10.2 Å². The Bertz CT molecular complexity index is 247. The van der Waals surface area contributed by atoms with E-state index in [4.69, 9.17) is 0 Å². The van der Waals surface area contributed by atoms with E-state index in [9.17, 15) is 0 Å². The summed E-state index contributed by atoms with van der Waals surface area (Å²) in [5.41, 5.74) is 0. The number of nitrogens with zero attached hydrogens (tertiary/aromatic N) is 1. The van der Waals surface area contributed by atoms with E-state index in [1.54, 1.807) is 0 Å². The lowest BCUT2D eigenvalue weighted by Gasteiger charge is -2.46. The maximum atomic E-state index is 3.42. The molecule has 0 radical (unpaired) electrons. The number of fused-ring (bicyclic) bond motifs is 1. The van der Waals surface area contributed by atoms with Gasteiger partial charge in [-0.2, -0.15) is 0 Å². The van der Waals surface area contributed by atoms with E-state index in [1.165, 1.54) is 64.7 Å². The van der Waals surface area contributed by atoms with Gasteiger partial charge in [-0.15, -0.1) is 0 Å². The first-order chi connectivity index (χ1) is 8.34. The highest BCUT2D eigenvalue weighted by Gasteiger charge is 2.35. The molecule has 2 aliphatic heterocycles. The van der Waals surface area contributed by atoms with Crippen LogP contribution >= 0.6 is 0 Å². The second-order valence-corrected chi connectivity index (χ2v) is 6.64. The molecule has 0 aromatic heterocycles. The summed E-state index contributed by atoms with van der Waals surface area (Å²) in [5.74, 6) is 2.90. The summed E-state index contributed by atoms with van der Waals surface area (Å²) in [5, 5.41) is 3.42. The van der Waals surface area contributed by atoms with Crippen molar-refractivity contribution in [2.24, 2.45) is 17.8 Å². The van der Waals surface area contributed by atoms with Crippen LogP contribution in [0.5, 0.6) is 0 Å². The third kappa shape index (κ3) is 2.53. The minimum atomic E-state index is 0.900. The summed E-state index contributed by atoms with van der Waals surface area (Å²) >= 11 is 0. The summed E-state index contributed by atoms with van der Waals surface area (Å²) in [6, 6.07) is 0.952. The molecule has 1 saturated carbocycles.